The van der Waals surface area contributed by atoms with Gasteiger partial charge in [0.25, 0.3) is 20.2 Å². The topological polar surface area (TPSA) is 115 Å². The average molecular weight is 844 g/mol. The SMILES string of the molecule is CC(C)C1=C(/C=C/C2=[N+](CCCCS(=O)(=O)O)c3ccc4c(c3C2(C)C)CCCC4)CCC/C1=C\C=C1\N(CCCCS(=O)(=O)O)c2ccc3c(c2C1(C)C)CCCC3. The highest BCUT2D eigenvalue weighted by atomic mass is 32.2. The molecule has 0 radical (unpaired) electrons. The van der Waals surface area contributed by atoms with Crippen LogP contribution in [0.2, 0.25) is 0 Å². The second kappa shape index (κ2) is 17.2. The first-order valence-electron chi connectivity index (χ1n) is 22.3. The van der Waals surface area contributed by atoms with Gasteiger partial charge in [-0.25, -0.2) is 0 Å². The van der Waals surface area contributed by atoms with Gasteiger partial charge in [0.2, 0.25) is 5.69 Å². The summed E-state index contributed by atoms with van der Waals surface area (Å²) < 4.78 is 67.6. The molecule has 2 aromatic rings. The molecule has 0 aromatic heterocycles. The standard InChI is InChI=1S/C49H66N2O6S2/c1-34(2)45-37(24-28-43-48(3,4)46-39-20-9-7-16-35(39)22-26-41(46)50(43)30-11-13-32-58(52,53)54)18-15-19-38(45)25-29-44-49(5,6)47-40-21-10-8-17-36(40)23-27-42(47)51(44)31-12-14-33-59(55,56)57/h22-29,34H,7-21,30-33H2,1-6H3,(H-,52,53,54,55,56,57)/p+1. The van der Waals surface area contributed by atoms with Crippen molar-refractivity contribution in [1.82, 2.24) is 0 Å². The van der Waals surface area contributed by atoms with Gasteiger partial charge in [0.15, 0.2) is 5.71 Å². The first-order chi connectivity index (χ1) is 27.9. The molecule has 3 aliphatic carbocycles. The van der Waals surface area contributed by atoms with Crippen LogP contribution in [0.25, 0.3) is 0 Å². The summed E-state index contributed by atoms with van der Waals surface area (Å²) in [5, 5.41) is 0. The third-order valence-corrected chi connectivity index (χ3v) is 15.4. The Kier molecular flexibility index (Phi) is 12.8. The summed E-state index contributed by atoms with van der Waals surface area (Å²) >= 11 is 0. The van der Waals surface area contributed by atoms with Crippen molar-refractivity contribution >= 4 is 37.3 Å². The van der Waals surface area contributed by atoms with Crippen LogP contribution >= 0.6 is 0 Å². The monoisotopic (exact) mass is 843 g/mol. The Hall–Kier alpha value is -3.31. The van der Waals surface area contributed by atoms with Crippen molar-refractivity contribution in [3.8, 4) is 0 Å². The Bertz CT molecular complexity index is 2360. The summed E-state index contributed by atoms with van der Waals surface area (Å²) in [6.45, 7) is 15.4. The van der Waals surface area contributed by atoms with Crippen molar-refractivity contribution < 1.29 is 30.5 Å². The number of unbranched alkanes of at least 4 members (excludes halogenated alkanes) is 2. The fraction of sp³-hybridized carbons (Fsp3) is 0.571. The number of fused-ring (bicyclic) bond motifs is 6. The van der Waals surface area contributed by atoms with Gasteiger partial charge in [-0.15, -0.1) is 0 Å². The van der Waals surface area contributed by atoms with Crippen molar-refractivity contribution in [2.45, 2.75) is 149 Å². The second-order valence-corrected chi connectivity index (χ2v) is 22.2. The van der Waals surface area contributed by atoms with E-state index in [0.717, 1.165) is 44.9 Å². The van der Waals surface area contributed by atoms with E-state index >= 15 is 0 Å². The highest BCUT2D eigenvalue weighted by Gasteiger charge is 2.47. The molecule has 0 saturated heterocycles. The van der Waals surface area contributed by atoms with Gasteiger partial charge in [-0.3, -0.25) is 9.11 Å². The number of anilines is 1. The summed E-state index contributed by atoms with van der Waals surface area (Å²) in [5.41, 5.74) is 17.4. The maximum absolute atomic E-state index is 11.6. The molecule has 0 fully saturated rings. The molecular weight excluding hydrogens is 777 g/mol. The summed E-state index contributed by atoms with van der Waals surface area (Å²) in [5.74, 6) is -0.126. The molecule has 0 unspecified atom stereocenters. The average Bonchev–Trinajstić information content (AvgIpc) is 3.53. The first kappa shape index (κ1) is 43.8. The van der Waals surface area contributed by atoms with Gasteiger partial charge in [-0.2, -0.15) is 21.4 Å². The molecule has 0 saturated carbocycles. The van der Waals surface area contributed by atoms with Gasteiger partial charge < -0.3 is 4.90 Å². The number of aryl methyl sites for hydroxylation is 2. The lowest BCUT2D eigenvalue weighted by molar-refractivity contribution is -0.438. The highest BCUT2D eigenvalue weighted by Crippen LogP contribution is 2.52. The van der Waals surface area contributed by atoms with Crippen LogP contribution in [0.5, 0.6) is 0 Å². The number of rotatable bonds is 14. The Morgan fingerprint density at radius 2 is 1.31 bits per heavy atom. The first-order valence-corrected chi connectivity index (χ1v) is 25.6. The largest absolute Gasteiger partial charge is 0.344 e. The van der Waals surface area contributed by atoms with Gasteiger partial charge >= 0.3 is 0 Å². The molecule has 5 aliphatic rings. The number of allylic oxidation sites excluding steroid dienone is 8. The summed E-state index contributed by atoms with van der Waals surface area (Å²) in [7, 11) is -8.01. The van der Waals surface area contributed by atoms with E-state index in [1.807, 2.05) is 0 Å². The number of hydrogen-bond donors (Lipinski definition) is 2. The summed E-state index contributed by atoms with van der Waals surface area (Å²) in [4.78, 5) is 2.42. The zero-order valence-electron chi connectivity index (χ0n) is 36.4. The maximum atomic E-state index is 11.6. The van der Waals surface area contributed by atoms with Crippen molar-refractivity contribution in [1.29, 1.82) is 0 Å². The van der Waals surface area contributed by atoms with Crippen LogP contribution in [-0.4, -0.2) is 60.8 Å². The minimum Gasteiger partial charge on any atom is -0.344 e. The molecule has 2 aliphatic heterocycles. The molecule has 0 amide bonds. The molecule has 10 heteroatoms. The Morgan fingerprint density at radius 1 is 0.695 bits per heavy atom. The smallest absolute Gasteiger partial charge is 0.264 e. The normalized spacial score (nSPS) is 21.5. The molecule has 7 rings (SSSR count). The van der Waals surface area contributed by atoms with Gasteiger partial charge in [0, 0.05) is 47.5 Å². The van der Waals surface area contributed by atoms with E-state index in [2.05, 4.69) is 99.6 Å². The molecule has 8 nitrogen and oxygen atoms in total. The Labute approximate surface area is 354 Å². The van der Waals surface area contributed by atoms with E-state index in [1.165, 1.54) is 98.6 Å². The van der Waals surface area contributed by atoms with Gasteiger partial charge in [-0.05, 0) is 166 Å². The Morgan fingerprint density at radius 3 is 1.95 bits per heavy atom. The minimum atomic E-state index is -4.01. The maximum Gasteiger partial charge on any atom is 0.264 e. The quantitative estimate of drug-likeness (QED) is 0.111. The molecule has 0 spiro atoms. The van der Waals surface area contributed by atoms with Crippen molar-refractivity contribution in [2.24, 2.45) is 5.92 Å². The third-order valence-electron chi connectivity index (χ3n) is 13.8. The van der Waals surface area contributed by atoms with Gasteiger partial charge in [0.1, 0.15) is 6.54 Å². The van der Waals surface area contributed by atoms with E-state index in [4.69, 9.17) is 0 Å². The molecule has 2 aromatic carbocycles. The van der Waals surface area contributed by atoms with Crippen LogP contribution in [0.3, 0.4) is 0 Å². The lowest BCUT2D eigenvalue weighted by atomic mass is 9.74. The highest BCUT2D eigenvalue weighted by molar-refractivity contribution is 7.86. The zero-order chi connectivity index (χ0) is 42.3. The van der Waals surface area contributed by atoms with Crippen molar-refractivity contribution in [3.05, 3.63) is 104 Å². The predicted octanol–water partition coefficient (Wildman–Crippen LogP) is 10.5. The number of hydrogen-bond acceptors (Lipinski definition) is 5. The van der Waals surface area contributed by atoms with Gasteiger partial charge in [-0.1, -0.05) is 52.0 Å². The summed E-state index contributed by atoms with van der Waals surface area (Å²) in [6.07, 6.45) is 23.9. The molecule has 0 atom stereocenters. The van der Waals surface area contributed by atoms with Crippen LogP contribution in [0.15, 0.2) is 71.0 Å². The zero-order valence-corrected chi connectivity index (χ0v) is 38.0. The van der Waals surface area contributed by atoms with Gasteiger partial charge in [0.05, 0.1) is 16.9 Å². The van der Waals surface area contributed by atoms with E-state index in [0.29, 0.717) is 44.7 Å². The molecule has 2 heterocycles. The molecule has 59 heavy (non-hydrogen) atoms. The number of nitrogens with zero attached hydrogens (tertiary/aromatic N) is 2. The minimum absolute atomic E-state index is 0.221. The van der Waals surface area contributed by atoms with Crippen LogP contribution in [-0.2, 0) is 56.7 Å². The fourth-order valence-corrected chi connectivity index (χ4v) is 12.4. The van der Waals surface area contributed by atoms with E-state index < -0.39 is 20.2 Å². The molecular formula is C49H67N2O6S2+. The Balaban J connectivity index is 1.26. The lowest BCUT2D eigenvalue weighted by Crippen LogP contribution is -2.29. The molecule has 0 bridgehead atoms. The summed E-state index contributed by atoms with van der Waals surface area (Å²) in [6, 6.07) is 9.20. The molecule has 2 N–H and O–H groups in total. The van der Waals surface area contributed by atoms with E-state index in [9.17, 15) is 25.9 Å². The van der Waals surface area contributed by atoms with Crippen LogP contribution < -0.4 is 4.90 Å². The van der Waals surface area contributed by atoms with Crippen molar-refractivity contribution in [2.75, 3.05) is 29.5 Å². The van der Waals surface area contributed by atoms with E-state index in [1.54, 1.807) is 0 Å². The lowest BCUT2D eigenvalue weighted by Gasteiger charge is -2.29. The van der Waals surface area contributed by atoms with Crippen LogP contribution in [0.4, 0.5) is 11.4 Å². The number of benzene rings is 2. The van der Waals surface area contributed by atoms with Crippen LogP contribution in [0, 0.1) is 5.92 Å². The van der Waals surface area contributed by atoms with Crippen LogP contribution in [0.1, 0.15) is 146 Å². The molecule has 320 valence electrons. The predicted molar refractivity (Wildman–Crippen MR) is 242 cm³/mol. The second-order valence-electron chi connectivity index (χ2n) is 19.1. The third kappa shape index (κ3) is 9.17. The van der Waals surface area contributed by atoms with Crippen molar-refractivity contribution in [3.63, 3.8) is 0 Å². The fourth-order valence-electron chi connectivity index (χ4n) is 11.2. The van der Waals surface area contributed by atoms with E-state index in [-0.39, 0.29) is 22.3 Å².